The summed E-state index contributed by atoms with van der Waals surface area (Å²) < 4.78 is 64.6. The maximum atomic E-state index is 15.7. The van der Waals surface area contributed by atoms with E-state index in [1.54, 1.807) is 0 Å². The number of rotatable bonds is 4. The number of phosphoric ester groups is 1. The predicted octanol–water partition coefficient (Wildman–Crippen LogP) is 0.822. The molecule has 1 unspecified atom stereocenters. The summed E-state index contributed by atoms with van der Waals surface area (Å²) in [6.07, 6.45) is -1.07. The number of H-pyrrole nitrogens is 1. The van der Waals surface area contributed by atoms with Gasteiger partial charge in [-0.25, -0.2) is 13.8 Å². The molecule has 4 rings (SSSR count). The molecule has 0 saturated carbocycles. The summed E-state index contributed by atoms with van der Waals surface area (Å²) in [4.78, 5) is 25.6. The number of ether oxygens (including phenoxy) is 1. The zero-order valence-corrected chi connectivity index (χ0v) is 17.4. The Morgan fingerprint density at radius 2 is 2.25 bits per heavy atom. The van der Waals surface area contributed by atoms with Crippen molar-refractivity contribution in [3.8, 4) is 18.1 Å². The van der Waals surface area contributed by atoms with Crippen molar-refractivity contribution in [3.05, 3.63) is 61.4 Å². The van der Waals surface area contributed by atoms with Crippen molar-refractivity contribution in [1.82, 2.24) is 9.55 Å². The summed E-state index contributed by atoms with van der Waals surface area (Å²) in [7, 11) is -4.82. The van der Waals surface area contributed by atoms with Crippen LogP contribution in [-0.4, -0.2) is 44.4 Å². The number of nitrogens with one attached hydrogen (secondary N) is 1. The molecule has 0 radical (unpaired) electrons. The van der Waals surface area contributed by atoms with Crippen LogP contribution in [0.15, 0.2) is 34.0 Å². The van der Waals surface area contributed by atoms with Gasteiger partial charge in [-0.1, -0.05) is 17.5 Å². The summed E-state index contributed by atoms with van der Waals surface area (Å²) >= 11 is 5.85. The molecule has 170 valence electrons. The fourth-order valence-corrected chi connectivity index (χ4v) is 4.27. The van der Waals surface area contributed by atoms with Crippen molar-refractivity contribution in [1.29, 1.82) is 0 Å². The summed E-state index contributed by atoms with van der Waals surface area (Å²) in [6.45, 7) is -4.15. The van der Waals surface area contributed by atoms with Gasteiger partial charge in [0.25, 0.3) is 11.4 Å². The Hall–Kier alpha value is -2.49. The standard InChI is InChI=1S/C18H15ClFN2O9P/c1-2-9-6-22(17(26)21-15(9)25)16-13(23)14(24)18(20,30-16)8-29-32(27)28-7-10-5-11(19)3-4-12(10)31-32/h1,3-6,13-14,16,23-24H,7-8H2,(H,21,25,26)/t13-,14+,16-,18-,32?/m1/s1/i8D2. The van der Waals surface area contributed by atoms with Gasteiger partial charge in [-0.05, 0) is 18.2 Å². The van der Waals surface area contributed by atoms with Gasteiger partial charge in [-0.2, -0.15) is 0 Å². The molecule has 1 fully saturated rings. The molecule has 1 aromatic carbocycles. The van der Waals surface area contributed by atoms with Crippen molar-refractivity contribution < 1.29 is 40.2 Å². The van der Waals surface area contributed by atoms with Crippen molar-refractivity contribution in [2.45, 2.75) is 30.9 Å². The lowest BCUT2D eigenvalue weighted by Crippen LogP contribution is -2.43. The van der Waals surface area contributed by atoms with Gasteiger partial charge in [0.1, 0.15) is 30.1 Å². The first-order chi connectivity index (χ1) is 15.8. The number of terminal acetylenes is 1. The van der Waals surface area contributed by atoms with Crippen molar-refractivity contribution >= 4 is 19.4 Å². The molecule has 0 amide bonds. The van der Waals surface area contributed by atoms with Gasteiger partial charge < -0.3 is 19.5 Å². The van der Waals surface area contributed by atoms with Crippen LogP contribution in [-0.2, 0) is 25.0 Å². The van der Waals surface area contributed by atoms with E-state index < -0.39 is 62.1 Å². The third-order valence-electron chi connectivity index (χ3n) is 4.59. The topological polar surface area (TPSA) is 149 Å². The Kier molecular flexibility index (Phi) is 5.12. The third kappa shape index (κ3) is 4.00. The zero-order valence-electron chi connectivity index (χ0n) is 17.7. The molecule has 5 atom stereocenters. The van der Waals surface area contributed by atoms with Crippen molar-refractivity contribution in [2.24, 2.45) is 0 Å². The number of nitrogens with zero attached hydrogens (tertiary/aromatic N) is 1. The molecule has 14 heteroatoms. The first kappa shape index (κ1) is 20.1. The molecule has 2 aliphatic heterocycles. The highest BCUT2D eigenvalue weighted by Gasteiger charge is 2.57. The molecule has 2 aromatic rings. The number of aromatic nitrogens is 2. The zero-order chi connectivity index (χ0) is 25.1. The fourth-order valence-electron chi connectivity index (χ4n) is 2.98. The molecule has 32 heavy (non-hydrogen) atoms. The van der Waals surface area contributed by atoms with Crippen LogP contribution in [0.1, 0.15) is 20.1 Å². The maximum Gasteiger partial charge on any atom is 0.530 e. The lowest BCUT2D eigenvalue weighted by atomic mass is 10.1. The number of hydrogen-bond donors (Lipinski definition) is 3. The molecule has 2 aliphatic rings. The number of fused-ring (bicyclic) bond motifs is 1. The van der Waals surface area contributed by atoms with Gasteiger partial charge in [-0.15, -0.1) is 6.42 Å². The first-order valence-corrected chi connectivity index (χ1v) is 10.6. The van der Waals surface area contributed by atoms with Gasteiger partial charge in [0, 0.05) is 16.8 Å². The van der Waals surface area contributed by atoms with E-state index in [0.29, 0.717) is 15.2 Å². The molecule has 3 heterocycles. The van der Waals surface area contributed by atoms with Crippen LogP contribution in [0.2, 0.25) is 5.02 Å². The molecule has 3 N–H and O–H groups in total. The van der Waals surface area contributed by atoms with E-state index >= 15 is 4.39 Å². The second-order valence-corrected chi connectivity index (χ2v) is 8.65. The number of alkyl halides is 1. The number of benzene rings is 1. The summed E-state index contributed by atoms with van der Waals surface area (Å²) in [5, 5.41) is 20.9. The van der Waals surface area contributed by atoms with E-state index in [-0.39, 0.29) is 5.75 Å². The smallest absolute Gasteiger partial charge is 0.404 e. The van der Waals surface area contributed by atoms with E-state index in [0.717, 1.165) is 6.20 Å². The van der Waals surface area contributed by atoms with Gasteiger partial charge >= 0.3 is 13.5 Å². The van der Waals surface area contributed by atoms with Gasteiger partial charge in [0.2, 0.25) is 0 Å². The molecule has 1 aromatic heterocycles. The molecule has 0 bridgehead atoms. The Morgan fingerprint density at radius 1 is 1.50 bits per heavy atom. The molecular formula is C18H15ClFN2O9P. The number of aromatic amines is 1. The monoisotopic (exact) mass is 490 g/mol. The van der Waals surface area contributed by atoms with Gasteiger partial charge in [-0.3, -0.25) is 23.4 Å². The van der Waals surface area contributed by atoms with Crippen LogP contribution in [0.3, 0.4) is 0 Å². The molecule has 0 spiro atoms. The SMILES string of the molecule is [2H]C([2H])(OP1(=O)OCc2cc(Cl)ccc2O1)[C@@]1(F)O[C@@H](n2cc(C#C)c(=O)[nH]c2=O)[C@H](O)[C@@H]1O. The first-order valence-electron chi connectivity index (χ1n) is 9.78. The normalized spacial score (nSPS) is 32.9. The number of phosphoric acid groups is 1. The van der Waals surface area contributed by atoms with Gasteiger partial charge in [0.15, 0.2) is 6.23 Å². The summed E-state index contributed by atoms with van der Waals surface area (Å²) in [6, 6.07) is 4.13. The highest BCUT2D eigenvalue weighted by atomic mass is 35.5. The summed E-state index contributed by atoms with van der Waals surface area (Å²) in [5.74, 6) is -1.97. The lowest BCUT2D eigenvalue weighted by molar-refractivity contribution is -0.205. The van der Waals surface area contributed by atoms with Crippen LogP contribution < -0.4 is 15.8 Å². The van der Waals surface area contributed by atoms with E-state index in [2.05, 4.69) is 0 Å². The quantitative estimate of drug-likeness (QED) is 0.418. The van der Waals surface area contributed by atoms with Crippen molar-refractivity contribution in [3.63, 3.8) is 0 Å². The Balaban J connectivity index is 1.64. The molecule has 1 saturated heterocycles. The van der Waals surface area contributed by atoms with Crippen molar-refractivity contribution in [2.75, 3.05) is 6.56 Å². The van der Waals surface area contributed by atoms with E-state index in [1.165, 1.54) is 18.2 Å². The number of hydrogen-bond acceptors (Lipinski definition) is 9. The van der Waals surface area contributed by atoms with Crippen LogP contribution in [0, 0.1) is 12.3 Å². The largest absolute Gasteiger partial charge is 0.530 e. The highest BCUT2D eigenvalue weighted by Crippen LogP contribution is 2.56. The maximum absolute atomic E-state index is 15.7. The molecule has 0 aliphatic carbocycles. The summed E-state index contributed by atoms with van der Waals surface area (Å²) in [5.41, 5.74) is -2.19. The Bertz CT molecular complexity index is 1360. The minimum Gasteiger partial charge on any atom is -0.404 e. The predicted molar refractivity (Wildman–Crippen MR) is 106 cm³/mol. The fraction of sp³-hybridized carbons (Fsp3) is 0.333. The van der Waals surface area contributed by atoms with Crippen LogP contribution in [0.5, 0.6) is 5.75 Å². The van der Waals surface area contributed by atoms with Crippen LogP contribution in [0.4, 0.5) is 4.39 Å². The van der Waals surface area contributed by atoms with Gasteiger partial charge in [0.05, 0.1) is 9.35 Å². The minimum absolute atomic E-state index is 0.0323. The minimum atomic E-state index is -4.82. The number of aliphatic hydroxyl groups is 2. The lowest BCUT2D eigenvalue weighted by Gasteiger charge is -2.28. The van der Waals surface area contributed by atoms with Crippen LogP contribution in [0.25, 0.3) is 0 Å². The Morgan fingerprint density at radius 3 is 2.97 bits per heavy atom. The average Bonchev–Trinajstić information content (AvgIpc) is 2.99. The molecule has 11 nitrogen and oxygen atoms in total. The van der Waals surface area contributed by atoms with Crippen LogP contribution >= 0.6 is 19.4 Å². The van der Waals surface area contributed by atoms with E-state index in [9.17, 15) is 24.4 Å². The molecular weight excluding hydrogens is 474 g/mol. The number of halogens is 2. The Labute approximate surface area is 186 Å². The number of aliphatic hydroxyl groups excluding tert-OH is 2. The second-order valence-electron chi connectivity index (χ2n) is 6.70. The average molecular weight is 491 g/mol. The second kappa shape index (κ2) is 8.13. The third-order valence-corrected chi connectivity index (χ3v) is 6.01. The highest BCUT2D eigenvalue weighted by molar-refractivity contribution is 7.49. The van der Waals surface area contributed by atoms with E-state index in [1.807, 2.05) is 10.9 Å². The van der Waals surface area contributed by atoms with E-state index in [4.69, 9.17) is 39.1 Å².